The number of hydrogen-bond donors (Lipinski definition) is 1. The van der Waals surface area contributed by atoms with Gasteiger partial charge < -0.3 is 14.5 Å². The van der Waals surface area contributed by atoms with Crippen molar-refractivity contribution in [3.05, 3.63) is 17.0 Å². The lowest BCUT2D eigenvalue weighted by atomic mass is 10.2. The van der Waals surface area contributed by atoms with Gasteiger partial charge in [-0.15, -0.1) is 11.8 Å². The lowest BCUT2D eigenvalue weighted by Gasteiger charge is -2.34. The molecule has 0 atom stereocenters. The second kappa shape index (κ2) is 7.82. The van der Waals surface area contributed by atoms with Crippen LogP contribution in [0.3, 0.4) is 0 Å². The van der Waals surface area contributed by atoms with Gasteiger partial charge in [0.15, 0.2) is 0 Å². The van der Waals surface area contributed by atoms with Gasteiger partial charge in [0.2, 0.25) is 5.91 Å². The van der Waals surface area contributed by atoms with Gasteiger partial charge in [-0.2, -0.15) is 0 Å². The zero-order valence-corrected chi connectivity index (χ0v) is 13.5. The van der Waals surface area contributed by atoms with Crippen molar-refractivity contribution in [2.24, 2.45) is 0 Å². The molecule has 0 saturated carbocycles. The number of aromatic nitrogens is 1. The Balaban J connectivity index is 1.71. The molecule has 0 bridgehead atoms. The van der Waals surface area contributed by atoms with Crippen LogP contribution in [0.4, 0.5) is 0 Å². The second-order valence-corrected chi connectivity index (χ2v) is 6.23. The standard InChI is InChI=1S/C14H23N3O3S/c1-11-13(12(2)20-15-11)9-21-10-14(19)17-5-3-16(4-6-17)7-8-18/h18H,3-10H2,1-2H3. The number of β-amino-alcohol motifs (C(OH)–C–C–N with tert-alkyl or cyclic N) is 1. The van der Waals surface area contributed by atoms with E-state index in [0.29, 0.717) is 12.3 Å². The van der Waals surface area contributed by atoms with E-state index in [1.807, 2.05) is 18.7 Å². The van der Waals surface area contributed by atoms with Crippen molar-refractivity contribution in [2.75, 3.05) is 45.1 Å². The van der Waals surface area contributed by atoms with Crippen LogP contribution in [0.5, 0.6) is 0 Å². The van der Waals surface area contributed by atoms with Crippen molar-refractivity contribution in [1.29, 1.82) is 0 Å². The van der Waals surface area contributed by atoms with Gasteiger partial charge in [-0.25, -0.2) is 0 Å². The molecular formula is C14H23N3O3S. The largest absolute Gasteiger partial charge is 0.395 e. The van der Waals surface area contributed by atoms with Crippen LogP contribution in [0.15, 0.2) is 4.52 Å². The molecule has 1 aliphatic rings. The topological polar surface area (TPSA) is 69.8 Å². The maximum absolute atomic E-state index is 12.2. The Morgan fingerprint density at radius 1 is 1.33 bits per heavy atom. The van der Waals surface area contributed by atoms with E-state index >= 15 is 0 Å². The van der Waals surface area contributed by atoms with Crippen molar-refractivity contribution in [1.82, 2.24) is 15.0 Å². The smallest absolute Gasteiger partial charge is 0.232 e. The van der Waals surface area contributed by atoms with E-state index in [1.165, 1.54) is 0 Å². The maximum Gasteiger partial charge on any atom is 0.232 e. The van der Waals surface area contributed by atoms with Crippen LogP contribution in [-0.2, 0) is 10.5 Å². The van der Waals surface area contributed by atoms with Gasteiger partial charge in [0.1, 0.15) is 5.76 Å². The van der Waals surface area contributed by atoms with Gasteiger partial charge in [0.05, 0.1) is 18.1 Å². The van der Waals surface area contributed by atoms with Crippen LogP contribution in [0.1, 0.15) is 17.0 Å². The number of nitrogens with zero attached hydrogens (tertiary/aromatic N) is 3. The SMILES string of the molecule is Cc1noc(C)c1CSCC(=O)N1CCN(CCO)CC1. The zero-order chi connectivity index (χ0) is 15.2. The third-order valence-corrected chi connectivity index (χ3v) is 4.74. The van der Waals surface area contributed by atoms with Crippen molar-refractivity contribution >= 4 is 17.7 Å². The quantitative estimate of drug-likeness (QED) is 0.832. The Labute approximate surface area is 129 Å². The number of piperazine rings is 1. The molecule has 1 saturated heterocycles. The van der Waals surface area contributed by atoms with Crippen molar-refractivity contribution in [3.63, 3.8) is 0 Å². The predicted octanol–water partition coefficient (Wildman–Crippen LogP) is 0.661. The van der Waals surface area contributed by atoms with Crippen LogP contribution < -0.4 is 0 Å². The fraction of sp³-hybridized carbons (Fsp3) is 0.714. The number of rotatable bonds is 6. The molecule has 6 nitrogen and oxygen atoms in total. The molecule has 1 N–H and O–H groups in total. The molecule has 0 aromatic carbocycles. The summed E-state index contributed by atoms with van der Waals surface area (Å²) in [6.45, 7) is 7.91. The minimum atomic E-state index is 0.182. The maximum atomic E-state index is 12.2. The van der Waals surface area contributed by atoms with E-state index < -0.39 is 0 Å². The van der Waals surface area contributed by atoms with E-state index in [-0.39, 0.29) is 12.5 Å². The third-order valence-electron chi connectivity index (χ3n) is 3.79. The van der Waals surface area contributed by atoms with Gasteiger partial charge in [0.25, 0.3) is 0 Å². The summed E-state index contributed by atoms with van der Waals surface area (Å²) < 4.78 is 5.12. The summed E-state index contributed by atoms with van der Waals surface area (Å²) in [6.07, 6.45) is 0. The molecule has 21 heavy (non-hydrogen) atoms. The minimum absolute atomic E-state index is 0.182. The van der Waals surface area contributed by atoms with E-state index in [2.05, 4.69) is 10.1 Å². The Bertz CT molecular complexity index is 451. The number of aryl methyl sites for hydroxylation is 2. The molecule has 1 fully saturated rings. The van der Waals surface area contributed by atoms with Crippen LogP contribution in [-0.4, -0.2) is 71.1 Å². The fourth-order valence-corrected chi connectivity index (χ4v) is 3.48. The van der Waals surface area contributed by atoms with Crippen molar-refractivity contribution < 1.29 is 14.4 Å². The Morgan fingerprint density at radius 2 is 2.05 bits per heavy atom. The first-order valence-electron chi connectivity index (χ1n) is 7.22. The average molecular weight is 313 g/mol. The Hall–Kier alpha value is -1.05. The van der Waals surface area contributed by atoms with Gasteiger partial charge in [-0.05, 0) is 13.8 Å². The first-order valence-corrected chi connectivity index (χ1v) is 8.37. The molecule has 2 rings (SSSR count). The molecule has 0 radical (unpaired) electrons. The molecule has 1 amide bonds. The minimum Gasteiger partial charge on any atom is -0.395 e. The molecule has 118 valence electrons. The van der Waals surface area contributed by atoms with Crippen LogP contribution >= 0.6 is 11.8 Å². The van der Waals surface area contributed by atoms with Gasteiger partial charge in [-0.1, -0.05) is 5.16 Å². The van der Waals surface area contributed by atoms with Crippen LogP contribution in [0, 0.1) is 13.8 Å². The number of aliphatic hydroxyl groups is 1. The van der Waals surface area contributed by atoms with Crippen molar-refractivity contribution in [3.8, 4) is 0 Å². The number of aliphatic hydroxyl groups excluding tert-OH is 1. The number of hydrogen-bond acceptors (Lipinski definition) is 6. The monoisotopic (exact) mass is 313 g/mol. The summed E-state index contributed by atoms with van der Waals surface area (Å²) in [5.74, 6) is 2.28. The highest BCUT2D eigenvalue weighted by Gasteiger charge is 2.20. The number of amides is 1. The highest BCUT2D eigenvalue weighted by atomic mass is 32.2. The van der Waals surface area contributed by atoms with E-state index in [0.717, 1.165) is 48.9 Å². The summed E-state index contributed by atoms with van der Waals surface area (Å²) in [5.41, 5.74) is 2.01. The van der Waals surface area contributed by atoms with Gasteiger partial charge >= 0.3 is 0 Å². The average Bonchev–Trinajstić information content (AvgIpc) is 2.80. The lowest BCUT2D eigenvalue weighted by molar-refractivity contribution is -0.130. The summed E-state index contributed by atoms with van der Waals surface area (Å²) in [5, 5.41) is 12.8. The number of thioether (sulfide) groups is 1. The summed E-state index contributed by atoms with van der Waals surface area (Å²) in [7, 11) is 0. The van der Waals surface area contributed by atoms with Gasteiger partial charge in [-0.3, -0.25) is 9.69 Å². The Kier molecular flexibility index (Phi) is 6.08. The predicted molar refractivity (Wildman–Crippen MR) is 82.2 cm³/mol. The molecule has 0 unspecified atom stereocenters. The van der Waals surface area contributed by atoms with Crippen molar-refractivity contribution in [2.45, 2.75) is 19.6 Å². The van der Waals surface area contributed by atoms with E-state index in [4.69, 9.17) is 9.63 Å². The molecule has 7 heteroatoms. The molecule has 0 spiro atoms. The summed E-state index contributed by atoms with van der Waals surface area (Å²) >= 11 is 1.61. The first kappa shape index (κ1) is 16.3. The molecular weight excluding hydrogens is 290 g/mol. The van der Waals surface area contributed by atoms with E-state index in [9.17, 15) is 4.79 Å². The zero-order valence-electron chi connectivity index (χ0n) is 12.7. The van der Waals surface area contributed by atoms with Crippen LogP contribution in [0.2, 0.25) is 0 Å². The lowest BCUT2D eigenvalue weighted by Crippen LogP contribution is -2.49. The molecule has 1 aromatic heterocycles. The fourth-order valence-electron chi connectivity index (χ4n) is 2.40. The number of carbonyl (C=O) groups excluding carboxylic acids is 1. The second-order valence-electron chi connectivity index (χ2n) is 5.24. The molecule has 1 aliphatic heterocycles. The molecule has 0 aliphatic carbocycles. The highest BCUT2D eigenvalue weighted by molar-refractivity contribution is 7.99. The molecule has 1 aromatic rings. The van der Waals surface area contributed by atoms with E-state index in [1.54, 1.807) is 11.8 Å². The summed E-state index contributed by atoms with van der Waals surface area (Å²) in [6, 6.07) is 0. The normalized spacial score (nSPS) is 16.4. The number of carbonyl (C=O) groups is 1. The summed E-state index contributed by atoms with van der Waals surface area (Å²) in [4.78, 5) is 16.3. The van der Waals surface area contributed by atoms with Gasteiger partial charge in [0, 0.05) is 44.0 Å². The molecule has 2 heterocycles. The third kappa shape index (κ3) is 4.46. The Morgan fingerprint density at radius 3 is 2.62 bits per heavy atom. The highest BCUT2D eigenvalue weighted by Crippen LogP contribution is 2.19. The van der Waals surface area contributed by atoms with Crippen LogP contribution in [0.25, 0.3) is 0 Å². The first-order chi connectivity index (χ1) is 10.1.